The summed E-state index contributed by atoms with van der Waals surface area (Å²) in [6.45, 7) is 6.48. The van der Waals surface area contributed by atoms with Crippen LogP contribution in [0.5, 0.6) is 0 Å². The van der Waals surface area contributed by atoms with Gasteiger partial charge in [0.05, 0.1) is 29.2 Å². The lowest BCUT2D eigenvalue weighted by Crippen LogP contribution is -2.43. The Morgan fingerprint density at radius 2 is 1.80 bits per heavy atom. The molecule has 1 saturated heterocycles. The van der Waals surface area contributed by atoms with Crippen molar-refractivity contribution in [3.63, 3.8) is 0 Å². The van der Waals surface area contributed by atoms with Crippen LogP contribution < -0.4 is 9.62 Å². The van der Waals surface area contributed by atoms with Gasteiger partial charge in [-0.2, -0.15) is 5.26 Å². The third kappa shape index (κ3) is 6.57. The molecule has 10 heteroatoms. The number of nitrogens with one attached hydrogen (secondary N) is 1. The smallest absolute Gasteiger partial charge is 0.340 e. The summed E-state index contributed by atoms with van der Waals surface area (Å²) in [6, 6.07) is 10.8. The molecule has 35 heavy (non-hydrogen) atoms. The number of piperidine rings is 1. The third-order valence-electron chi connectivity index (χ3n) is 6.02. The summed E-state index contributed by atoms with van der Waals surface area (Å²) in [7, 11) is -3.81. The molecule has 2 aromatic rings. The van der Waals surface area contributed by atoms with Crippen LogP contribution in [0.4, 0.5) is 5.82 Å². The minimum atomic E-state index is -3.81. The molecule has 1 amide bonds. The Labute approximate surface area is 206 Å². The quantitative estimate of drug-likeness (QED) is 0.550. The molecule has 1 fully saturated rings. The van der Waals surface area contributed by atoms with E-state index in [0.29, 0.717) is 43.0 Å². The molecule has 0 bridgehead atoms. The Hall–Kier alpha value is -3.45. The highest BCUT2D eigenvalue weighted by Gasteiger charge is 2.30. The molecule has 9 nitrogen and oxygen atoms in total. The lowest BCUT2D eigenvalue weighted by atomic mass is 9.96. The number of esters is 1. The Morgan fingerprint density at radius 1 is 1.17 bits per heavy atom. The average molecular weight is 499 g/mol. The summed E-state index contributed by atoms with van der Waals surface area (Å²) < 4.78 is 32.3. The average Bonchev–Trinajstić information content (AvgIpc) is 2.84. The van der Waals surface area contributed by atoms with Gasteiger partial charge in [0, 0.05) is 19.0 Å². The fourth-order valence-electron chi connectivity index (χ4n) is 4.05. The molecule has 0 aliphatic carbocycles. The number of pyridine rings is 1. The molecule has 0 unspecified atom stereocenters. The molecule has 0 atom stereocenters. The number of nitrogens with zero attached hydrogens (tertiary/aromatic N) is 3. The monoisotopic (exact) mass is 498 g/mol. The molecule has 3 rings (SSSR count). The molecule has 1 aliphatic rings. The highest BCUT2D eigenvalue weighted by molar-refractivity contribution is 7.89. The van der Waals surface area contributed by atoms with Gasteiger partial charge in [-0.05, 0) is 50.3 Å². The highest BCUT2D eigenvalue weighted by Crippen LogP contribution is 2.27. The van der Waals surface area contributed by atoms with E-state index in [1.165, 1.54) is 6.07 Å². The van der Waals surface area contributed by atoms with Crippen molar-refractivity contribution in [2.75, 3.05) is 24.6 Å². The molecule has 1 aromatic heterocycles. The number of ether oxygens (including phenoxy) is 1. The van der Waals surface area contributed by atoms with E-state index in [9.17, 15) is 23.3 Å². The predicted octanol–water partition coefficient (Wildman–Crippen LogP) is 2.86. The number of anilines is 1. The Bertz CT molecular complexity index is 1230. The van der Waals surface area contributed by atoms with Crippen molar-refractivity contribution < 1.29 is 22.7 Å². The van der Waals surface area contributed by atoms with Gasteiger partial charge in [-0.25, -0.2) is 18.2 Å². The van der Waals surface area contributed by atoms with Crippen molar-refractivity contribution in [3.05, 3.63) is 58.3 Å². The van der Waals surface area contributed by atoms with Crippen LogP contribution in [0.1, 0.15) is 59.4 Å². The number of hydrogen-bond donors (Lipinski definition) is 1. The number of aromatic nitrogens is 1. The van der Waals surface area contributed by atoms with E-state index >= 15 is 0 Å². The molecule has 186 valence electrons. The number of hydrogen-bond acceptors (Lipinski definition) is 8. The van der Waals surface area contributed by atoms with Gasteiger partial charge in [0.25, 0.3) is 0 Å². The summed E-state index contributed by atoms with van der Waals surface area (Å²) in [5.41, 5.74) is 2.68. The van der Waals surface area contributed by atoms with Crippen molar-refractivity contribution in [2.24, 2.45) is 5.92 Å². The molecular weight excluding hydrogens is 468 g/mol. The minimum absolute atomic E-state index is 0.221. The largest absolute Gasteiger partial charge is 0.462 e. The van der Waals surface area contributed by atoms with E-state index in [0.717, 1.165) is 12.0 Å². The van der Waals surface area contributed by atoms with Gasteiger partial charge in [-0.15, -0.1) is 0 Å². The third-order valence-corrected chi connectivity index (χ3v) is 7.24. The van der Waals surface area contributed by atoms with E-state index in [1.54, 1.807) is 26.0 Å². The fraction of sp³-hybridized carbons (Fsp3) is 0.440. The van der Waals surface area contributed by atoms with Crippen molar-refractivity contribution in [1.29, 1.82) is 5.26 Å². The van der Waals surface area contributed by atoms with Gasteiger partial charge in [0.2, 0.25) is 15.9 Å². The van der Waals surface area contributed by atoms with E-state index < -0.39 is 27.8 Å². The fourth-order valence-corrected chi connectivity index (χ4v) is 5.22. The summed E-state index contributed by atoms with van der Waals surface area (Å²) >= 11 is 0. The van der Waals surface area contributed by atoms with Crippen LogP contribution >= 0.6 is 0 Å². The SMILES string of the molecule is CCOC(=O)c1cc(C#N)c(N2CCC(C(=O)NS(=O)(=O)Cc3ccc(CC)cc3)CC2)nc1C. The number of carbonyl (C=O) groups is 2. The van der Waals surface area contributed by atoms with Gasteiger partial charge in [-0.1, -0.05) is 31.2 Å². The molecule has 0 spiro atoms. The first-order valence-electron chi connectivity index (χ1n) is 11.6. The number of amides is 1. The lowest BCUT2D eigenvalue weighted by molar-refractivity contribution is -0.123. The predicted molar refractivity (Wildman–Crippen MR) is 131 cm³/mol. The standard InChI is InChI=1S/C25H30N4O5S/c1-4-18-6-8-19(9-7-18)16-35(32,33)28-24(30)20-10-12-29(13-11-20)23-21(15-26)14-22(17(3)27-23)25(31)34-5-2/h6-9,14,20H,4-5,10-13,16H2,1-3H3,(H,28,30). The zero-order chi connectivity index (χ0) is 25.6. The second-order valence-electron chi connectivity index (χ2n) is 8.48. The van der Waals surface area contributed by atoms with Gasteiger partial charge in [0.15, 0.2) is 0 Å². The maximum atomic E-state index is 12.7. The van der Waals surface area contributed by atoms with Gasteiger partial charge >= 0.3 is 5.97 Å². The molecule has 1 aliphatic heterocycles. The first kappa shape index (κ1) is 26.2. The van der Waals surface area contributed by atoms with E-state index in [4.69, 9.17) is 4.74 Å². The van der Waals surface area contributed by atoms with Crippen molar-refractivity contribution in [1.82, 2.24) is 9.71 Å². The molecule has 1 aromatic carbocycles. The topological polar surface area (TPSA) is 129 Å². The van der Waals surface area contributed by atoms with Crippen LogP contribution in [-0.4, -0.2) is 45.0 Å². The second-order valence-corrected chi connectivity index (χ2v) is 10.2. The summed E-state index contributed by atoms with van der Waals surface area (Å²) in [5.74, 6) is -1.33. The zero-order valence-electron chi connectivity index (χ0n) is 20.2. The number of rotatable bonds is 8. The van der Waals surface area contributed by atoms with Crippen LogP contribution in [0, 0.1) is 24.2 Å². The van der Waals surface area contributed by atoms with E-state index in [2.05, 4.69) is 15.8 Å². The number of carbonyl (C=O) groups excluding carboxylic acids is 2. The number of nitriles is 1. The summed E-state index contributed by atoms with van der Waals surface area (Å²) in [5, 5.41) is 9.59. The Balaban J connectivity index is 1.63. The second kappa shape index (κ2) is 11.3. The summed E-state index contributed by atoms with van der Waals surface area (Å²) in [4.78, 5) is 31.1. The van der Waals surface area contributed by atoms with Crippen LogP contribution in [0.25, 0.3) is 0 Å². The van der Waals surface area contributed by atoms with Crippen LogP contribution in [0.3, 0.4) is 0 Å². The molecular formula is C25H30N4O5S. The van der Waals surface area contributed by atoms with Crippen LogP contribution in [0.2, 0.25) is 0 Å². The van der Waals surface area contributed by atoms with E-state index in [-0.39, 0.29) is 23.5 Å². The molecule has 1 N–H and O–H groups in total. The van der Waals surface area contributed by atoms with Crippen LogP contribution in [-0.2, 0) is 31.7 Å². The Morgan fingerprint density at radius 3 is 2.37 bits per heavy atom. The number of sulfonamides is 1. The Kier molecular flexibility index (Phi) is 8.46. The van der Waals surface area contributed by atoms with Crippen molar-refractivity contribution in [2.45, 2.75) is 45.8 Å². The minimum Gasteiger partial charge on any atom is -0.462 e. The number of aryl methyl sites for hydroxylation is 2. The van der Waals surface area contributed by atoms with Crippen LogP contribution in [0.15, 0.2) is 30.3 Å². The first-order valence-corrected chi connectivity index (χ1v) is 13.3. The highest BCUT2D eigenvalue weighted by atomic mass is 32.2. The zero-order valence-corrected chi connectivity index (χ0v) is 21.0. The maximum absolute atomic E-state index is 12.7. The van der Waals surface area contributed by atoms with Crippen molar-refractivity contribution in [3.8, 4) is 6.07 Å². The summed E-state index contributed by atoms with van der Waals surface area (Å²) in [6.07, 6.45) is 1.69. The van der Waals surface area contributed by atoms with Crippen molar-refractivity contribution >= 4 is 27.7 Å². The molecule has 2 heterocycles. The lowest BCUT2D eigenvalue weighted by Gasteiger charge is -2.32. The first-order chi connectivity index (χ1) is 16.7. The van der Waals surface area contributed by atoms with Gasteiger partial charge in [-0.3, -0.25) is 9.52 Å². The van der Waals surface area contributed by atoms with E-state index in [1.807, 2.05) is 24.0 Å². The maximum Gasteiger partial charge on any atom is 0.340 e. The molecule has 0 saturated carbocycles. The molecule has 0 radical (unpaired) electrons. The normalized spacial score (nSPS) is 14.3. The number of benzene rings is 1. The van der Waals surface area contributed by atoms with Gasteiger partial charge in [0.1, 0.15) is 11.9 Å². The van der Waals surface area contributed by atoms with Gasteiger partial charge < -0.3 is 9.64 Å².